The molecule has 0 amide bonds. The molecular weight excluding hydrogens is 168 g/mol. The van der Waals surface area contributed by atoms with Crippen molar-refractivity contribution in [3.05, 3.63) is 29.6 Å². The number of aliphatic hydroxyl groups is 1. The zero-order valence-corrected chi connectivity index (χ0v) is 6.82. The minimum absolute atomic E-state index is 0.170. The largest absolute Gasteiger partial charge is 0.392 e. The predicted octanol–water partition coefficient (Wildman–Crippen LogP) is 0.868. The fourth-order valence-electron chi connectivity index (χ4n) is 1.36. The third-order valence-electron chi connectivity index (χ3n) is 2.02. The second kappa shape index (κ2) is 2.99. The summed E-state index contributed by atoms with van der Waals surface area (Å²) in [5.74, 6) is 0. The Labute approximate surface area is 74.2 Å². The molecule has 1 aromatic carbocycles. The normalized spacial score (nSPS) is 10.5. The Morgan fingerprint density at radius 2 is 2.38 bits per heavy atom. The summed E-state index contributed by atoms with van der Waals surface area (Å²) in [5, 5.41) is 9.05. The van der Waals surface area contributed by atoms with Crippen LogP contribution in [0.2, 0.25) is 0 Å². The van der Waals surface area contributed by atoms with E-state index in [2.05, 4.69) is 9.97 Å². The highest BCUT2D eigenvalue weighted by Crippen LogP contribution is 2.18. The van der Waals surface area contributed by atoms with Gasteiger partial charge < -0.3 is 10.1 Å². The molecule has 1 heterocycles. The van der Waals surface area contributed by atoms with Gasteiger partial charge in [0.2, 0.25) is 0 Å². The average molecular weight is 176 g/mol. The second-order valence-electron chi connectivity index (χ2n) is 2.71. The Bertz CT molecular complexity index is 448. The Morgan fingerprint density at radius 3 is 3.08 bits per heavy atom. The van der Waals surface area contributed by atoms with E-state index in [1.54, 1.807) is 18.5 Å². The minimum atomic E-state index is -0.170. The van der Waals surface area contributed by atoms with Crippen molar-refractivity contribution in [2.24, 2.45) is 0 Å². The molecular formula is C9H8N2O2. The van der Waals surface area contributed by atoms with E-state index in [0.29, 0.717) is 16.6 Å². The average Bonchev–Trinajstić information content (AvgIpc) is 2.63. The van der Waals surface area contributed by atoms with Gasteiger partial charge in [0.15, 0.2) is 0 Å². The molecule has 0 atom stereocenters. The molecule has 0 radical (unpaired) electrons. The highest BCUT2D eigenvalue weighted by atomic mass is 16.3. The van der Waals surface area contributed by atoms with E-state index in [9.17, 15) is 4.79 Å². The maximum atomic E-state index is 10.6. The minimum Gasteiger partial charge on any atom is -0.392 e. The van der Waals surface area contributed by atoms with E-state index in [1.807, 2.05) is 0 Å². The molecule has 2 N–H and O–H groups in total. The van der Waals surface area contributed by atoms with E-state index in [1.165, 1.54) is 0 Å². The van der Waals surface area contributed by atoms with Crippen molar-refractivity contribution in [2.45, 2.75) is 6.61 Å². The van der Waals surface area contributed by atoms with Crippen molar-refractivity contribution < 1.29 is 9.90 Å². The van der Waals surface area contributed by atoms with Crippen molar-refractivity contribution in [3.63, 3.8) is 0 Å². The van der Waals surface area contributed by atoms with Crippen LogP contribution in [-0.4, -0.2) is 21.4 Å². The van der Waals surface area contributed by atoms with Crippen LogP contribution in [0.25, 0.3) is 11.0 Å². The van der Waals surface area contributed by atoms with Crippen LogP contribution in [-0.2, 0) is 6.61 Å². The monoisotopic (exact) mass is 176 g/mol. The van der Waals surface area contributed by atoms with Gasteiger partial charge in [0.1, 0.15) is 6.29 Å². The van der Waals surface area contributed by atoms with Gasteiger partial charge in [-0.25, -0.2) is 4.98 Å². The predicted molar refractivity (Wildman–Crippen MR) is 47.4 cm³/mol. The van der Waals surface area contributed by atoms with Gasteiger partial charge in [0.05, 0.1) is 24.0 Å². The van der Waals surface area contributed by atoms with Crippen LogP contribution in [0.5, 0.6) is 0 Å². The number of fused-ring (bicyclic) bond motifs is 1. The van der Waals surface area contributed by atoms with E-state index < -0.39 is 0 Å². The molecule has 0 aliphatic rings. The Kier molecular flexibility index (Phi) is 1.83. The number of aliphatic hydroxyl groups excluding tert-OH is 1. The Morgan fingerprint density at radius 1 is 1.54 bits per heavy atom. The summed E-state index contributed by atoms with van der Waals surface area (Å²) in [5.41, 5.74) is 2.55. The van der Waals surface area contributed by atoms with Crippen molar-refractivity contribution >= 4 is 17.3 Å². The molecule has 0 saturated heterocycles. The van der Waals surface area contributed by atoms with E-state index >= 15 is 0 Å². The lowest BCUT2D eigenvalue weighted by Crippen LogP contribution is -1.93. The van der Waals surface area contributed by atoms with E-state index in [4.69, 9.17) is 5.11 Å². The second-order valence-corrected chi connectivity index (χ2v) is 2.71. The SMILES string of the molecule is O=Cc1ccc2[nH]cnc2c1CO. The third kappa shape index (κ3) is 1.11. The van der Waals surface area contributed by atoms with Gasteiger partial charge in [-0.2, -0.15) is 0 Å². The fraction of sp³-hybridized carbons (Fsp3) is 0.111. The summed E-state index contributed by atoms with van der Waals surface area (Å²) < 4.78 is 0. The number of carbonyl (C=O) groups is 1. The van der Waals surface area contributed by atoms with Crippen molar-refractivity contribution in [3.8, 4) is 0 Å². The van der Waals surface area contributed by atoms with Gasteiger partial charge in [0, 0.05) is 11.1 Å². The molecule has 0 unspecified atom stereocenters. The lowest BCUT2D eigenvalue weighted by Gasteiger charge is -2.00. The van der Waals surface area contributed by atoms with E-state index in [-0.39, 0.29) is 6.61 Å². The lowest BCUT2D eigenvalue weighted by atomic mass is 10.1. The standard InChI is InChI=1S/C9H8N2O2/c12-3-6-1-2-8-9(7(6)4-13)11-5-10-8/h1-3,5,13H,4H2,(H,10,11). The molecule has 66 valence electrons. The number of nitrogens with one attached hydrogen (secondary N) is 1. The molecule has 13 heavy (non-hydrogen) atoms. The highest BCUT2D eigenvalue weighted by molar-refractivity contribution is 5.88. The summed E-state index contributed by atoms with van der Waals surface area (Å²) in [6, 6.07) is 3.43. The van der Waals surface area contributed by atoms with Gasteiger partial charge >= 0.3 is 0 Å². The number of H-pyrrole nitrogens is 1. The van der Waals surface area contributed by atoms with Crippen LogP contribution in [0.15, 0.2) is 18.5 Å². The molecule has 0 saturated carbocycles. The number of imidazole rings is 1. The number of aromatic nitrogens is 2. The quantitative estimate of drug-likeness (QED) is 0.667. The van der Waals surface area contributed by atoms with Gasteiger partial charge in [-0.05, 0) is 12.1 Å². The van der Waals surface area contributed by atoms with Crippen molar-refractivity contribution in [1.29, 1.82) is 0 Å². The summed E-state index contributed by atoms with van der Waals surface area (Å²) in [4.78, 5) is 17.5. The molecule has 2 rings (SSSR count). The zero-order chi connectivity index (χ0) is 9.26. The number of aldehydes is 1. The first-order valence-electron chi connectivity index (χ1n) is 3.88. The van der Waals surface area contributed by atoms with Gasteiger partial charge in [0.25, 0.3) is 0 Å². The fourth-order valence-corrected chi connectivity index (χ4v) is 1.36. The van der Waals surface area contributed by atoms with Crippen LogP contribution in [0.1, 0.15) is 15.9 Å². The third-order valence-corrected chi connectivity index (χ3v) is 2.02. The van der Waals surface area contributed by atoms with Crippen LogP contribution in [0.3, 0.4) is 0 Å². The van der Waals surface area contributed by atoms with Crippen molar-refractivity contribution in [2.75, 3.05) is 0 Å². The number of nitrogens with zero attached hydrogens (tertiary/aromatic N) is 1. The zero-order valence-electron chi connectivity index (χ0n) is 6.82. The van der Waals surface area contributed by atoms with Crippen molar-refractivity contribution in [1.82, 2.24) is 9.97 Å². The first-order valence-corrected chi connectivity index (χ1v) is 3.88. The number of aromatic amines is 1. The number of hydrogen-bond acceptors (Lipinski definition) is 3. The molecule has 4 nitrogen and oxygen atoms in total. The van der Waals surface area contributed by atoms with Crippen LogP contribution in [0, 0.1) is 0 Å². The summed E-state index contributed by atoms with van der Waals surface area (Å²) in [7, 11) is 0. The Hall–Kier alpha value is -1.68. The first-order chi connectivity index (χ1) is 6.36. The highest BCUT2D eigenvalue weighted by Gasteiger charge is 2.07. The molecule has 0 aliphatic carbocycles. The maximum Gasteiger partial charge on any atom is 0.150 e. The molecule has 4 heteroatoms. The molecule has 0 fully saturated rings. The van der Waals surface area contributed by atoms with Crippen LogP contribution in [0.4, 0.5) is 0 Å². The number of benzene rings is 1. The number of rotatable bonds is 2. The maximum absolute atomic E-state index is 10.6. The van der Waals surface area contributed by atoms with Crippen LogP contribution < -0.4 is 0 Å². The molecule has 2 aromatic rings. The molecule has 0 spiro atoms. The van der Waals surface area contributed by atoms with Crippen LogP contribution >= 0.6 is 0 Å². The molecule has 0 bridgehead atoms. The van der Waals surface area contributed by atoms with Gasteiger partial charge in [-0.1, -0.05) is 0 Å². The molecule has 1 aromatic heterocycles. The summed E-state index contributed by atoms with van der Waals surface area (Å²) in [6.07, 6.45) is 2.26. The van der Waals surface area contributed by atoms with E-state index in [0.717, 1.165) is 11.8 Å². The van der Waals surface area contributed by atoms with Gasteiger partial charge in [-0.15, -0.1) is 0 Å². The first kappa shape index (κ1) is 7.94. The number of hydrogen-bond donors (Lipinski definition) is 2. The Balaban J connectivity index is 2.81. The number of carbonyl (C=O) groups excluding carboxylic acids is 1. The molecule has 0 aliphatic heterocycles. The van der Waals surface area contributed by atoms with Gasteiger partial charge in [-0.3, -0.25) is 4.79 Å². The summed E-state index contributed by atoms with van der Waals surface area (Å²) >= 11 is 0. The summed E-state index contributed by atoms with van der Waals surface area (Å²) in [6.45, 7) is -0.170. The smallest absolute Gasteiger partial charge is 0.150 e. The lowest BCUT2D eigenvalue weighted by molar-refractivity contribution is 0.112. The topological polar surface area (TPSA) is 66.0 Å².